The van der Waals surface area contributed by atoms with Crippen molar-refractivity contribution in [3.05, 3.63) is 126 Å². The molecular weight excluding hydrogens is 702 g/mol. The number of aliphatic carboxylic acids is 2. The smallest absolute Gasteiger partial charge is 0.550 e. The quantitative estimate of drug-likeness (QED) is 0.112. The van der Waals surface area contributed by atoms with E-state index in [1.54, 1.807) is 61.5 Å². The molecule has 12 nitrogen and oxygen atoms in total. The molecule has 2 heterocycles. The van der Waals surface area contributed by atoms with Crippen LogP contribution in [-0.2, 0) is 27.3 Å². The van der Waals surface area contributed by atoms with Crippen LogP contribution >= 0.6 is 0 Å². The van der Waals surface area contributed by atoms with Gasteiger partial charge in [0.05, 0.1) is 0 Å². The number of carboxylic acid groups (broad SMARTS) is 2. The fourth-order valence-corrected chi connectivity index (χ4v) is 6.27. The zero-order chi connectivity index (χ0) is 36.1. The number of hydrogen-bond acceptors (Lipinski definition) is 10. The van der Waals surface area contributed by atoms with E-state index in [1.807, 2.05) is 48.5 Å². The fourth-order valence-electron chi connectivity index (χ4n) is 6.27. The fraction of sp³-hybridized carbons (Fsp3) is 0.231. The molecule has 262 valence electrons. The van der Waals surface area contributed by atoms with Gasteiger partial charge in [-0.25, -0.2) is 0 Å². The Bertz CT molecular complexity index is 2070. The molecule has 14 heteroatoms. The minimum Gasteiger partial charge on any atom is -0.550 e. The molecule has 2 N–H and O–H groups in total. The second-order valence-corrected chi connectivity index (χ2v) is 12.3. The van der Waals surface area contributed by atoms with Gasteiger partial charge in [-0.05, 0) is 77.7 Å². The van der Waals surface area contributed by atoms with Crippen molar-refractivity contribution in [2.45, 2.75) is 44.4 Å². The van der Waals surface area contributed by atoms with E-state index in [0.717, 1.165) is 10.8 Å². The third-order valence-electron chi connectivity index (χ3n) is 9.01. The first-order chi connectivity index (χ1) is 24.6. The molecule has 0 saturated carbocycles. The zero-order valence-corrected chi connectivity index (χ0v) is 33.5. The molecule has 0 fully saturated rings. The summed E-state index contributed by atoms with van der Waals surface area (Å²) in [6, 6.07) is 29.8. The molecule has 0 spiro atoms. The molecule has 53 heavy (non-hydrogen) atoms. The average Bonchev–Trinajstić information content (AvgIpc) is 3.81. The Morgan fingerprint density at radius 3 is 2.25 bits per heavy atom. The van der Waals surface area contributed by atoms with Crippen LogP contribution in [0.15, 0.2) is 108 Å². The average molecular weight is 737 g/mol. The summed E-state index contributed by atoms with van der Waals surface area (Å²) in [4.78, 5) is 51.8. The van der Waals surface area contributed by atoms with Crippen LogP contribution in [0.2, 0.25) is 0 Å². The summed E-state index contributed by atoms with van der Waals surface area (Å²) in [7, 11) is 0. The normalized spacial score (nSPS) is 13.8. The number of amides is 2. The molecular formula is C39H34N2Na2O10. The first-order valence-electron chi connectivity index (χ1n) is 16.3. The number of para-hydroxylation sites is 1. The van der Waals surface area contributed by atoms with Crippen molar-refractivity contribution in [2.75, 3.05) is 12.1 Å². The zero-order valence-electron chi connectivity index (χ0n) is 29.5. The van der Waals surface area contributed by atoms with Crippen molar-refractivity contribution in [3.63, 3.8) is 0 Å². The summed E-state index contributed by atoms with van der Waals surface area (Å²) in [5, 5.41) is 39.1. The summed E-state index contributed by atoms with van der Waals surface area (Å²) < 4.78 is 17.1. The number of carboxylic acids is 2. The number of aliphatic hydroxyl groups excluding tert-OH is 1. The minimum atomic E-state index is -2.26. The van der Waals surface area contributed by atoms with Gasteiger partial charge in [-0.3, -0.25) is 9.59 Å². The standard InChI is InChI=1S/C39H36N2O10.2Na/c1-23(41(38(46)36(44)31(39(47)48)20-35(42)43)21-24-11-12-25-7-5-6-8-26(25)17-24)30(27-13-15-32-34(18-27)50-22-49-32)19-29-14-16-33(51-29)37(45)40-28-9-3-2-4-10-28;;/h2-18,23,30-31,36,44H,19-22H2,1H3,(H,40,45)(H,42,43)(H,47,48);;/q;2*+1/p-2. The largest absolute Gasteiger partial charge is 1.00 e. The van der Waals surface area contributed by atoms with Crippen molar-refractivity contribution in [1.29, 1.82) is 0 Å². The SMILES string of the molecule is CC(C(Cc1ccc(C(=O)Nc2ccccc2)o1)c1ccc2c(c1)OCO2)N(Cc1ccc2ccccc2c1)C(=O)C(O)C(CC(=O)[O-])C(=O)[O-].[Na+].[Na+]. The second kappa shape index (κ2) is 18.8. The van der Waals surface area contributed by atoms with Gasteiger partial charge in [-0.2, -0.15) is 0 Å². The molecule has 1 aliphatic rings. The number of benzene rings is 4. The number of nitrogens with zero attached hydrogens (tertiary/aromatic N) is 1. The molecule has 4 atom stereocenters. The third kappa shape index (κ3) is 10.1. The van der Waals surface area contributed by atoms with E-state index in [2.05, 4.69) is 5.32 Å². The molecule has 0 saturated heterocycles. The molecule has 0 radical (unpaired) electrons. The van der Waals surface area contributed by atoms with Crippen LogP contribution < -0.4 is 84.1 Å². The van der Waals surface area contributed by atoms with Gasteiger partial charge >= 0.3 is 59.1 Å². The number of carbonyl (C=O) groups is 4. The number of ether oxygens (including phenoxy) is 2. The number of hydrogen-bond donors (Lipinski definition) is 2. The summed E-state index contributed by atoms with van der Waals surface area (Å²) in [6.07, 6.45) is -3.23. The van der Waals surface area contributed by atoms with Gasteiger partial charge < -0.3 is 49.0 Å². The Morgan fingerprint density at radius 2 is 1.53 bits per heavy atom. The van der Waals surface area contributed by atoms with Crippen molar-refractivity contribution in [2.24, 2.45) is 5.92 Å². The minimum absolute atomic E-state index is 0. The molecule has 1 aliphatic heterocycles. The van der Waals surface area contributed by atoms with Crippen LogP contribution in [0.5, 0.6) is 11.5 Å². The van der Waals surface area contributed by atoms with Gasteiger partial charge in [0.15, 0.2) is 17.3 Å². The van der Waals surface area contributed by atoms with E-state index >= 15 is 0 Å². The van der Waals surface area contributed by atoms with Crippen LogP contribution in [0.25, 0.3) is 10.8 Å². The van der Waals surface area contributed by atoms with Crippen molar-refractivity contribution < 1.29 is 108 Å². The molecule has 4 unspecified atom stereocenters. The van der Waals surface area contributed by atoms with Crippen molar-refractivity contribution >= 4 is 40.2 Å². The Morgan fingerprint density at radius 1 is 0.830 bits per heavy atom. The first kappa shape index (κ1) is 41.6. The van der Waals surface area contributed by atoms with Crippen molar-refractivity contribution in [3.8, 4) is 11.5 Å². The van der Waals surface area contributed by atoms with Crippen LogP contribution in [0, 0.1) is 5.92 Å². The summed E-state index contributed by atoms with van der Waals surface area (Å²) in [5.74, 6) is -6.31. The van der Waals surface area contributed by atoms with Gasteiger partial charge in [-0.15, -0.1) is 0 Å². The molecule has 1 aromatic heterocycles. The maximum Gasteiger partial charge on any atom is 1.00 e. The predicted molar refractivity (Wildman–Crippen MR) is 180 cm³/mol. The Labute approximate surface area is 349 Å². The van der Waals surface area contributed by atoms with Crippen LogP contribution in [-0.4, -0.2) is 52.7 Å². The number of nitrogens with one attached hydrogen (secondary N) is 1. The number of carbonyl (C=O) groups excluding carboxylic acids is 4. The molecule has 4 aromatic carbocycles. The summed E-state index contributed by atoms with van der Waals surface area (Å²) in [6.45, 7) is 1.69. The van der Waals surface area contributed by atoms with E-state index < -0.39 is 54.2 Å². The molecule has 0 aliphatic carbocycles. The van der Waals surface area contributed by atoms with Gasteiger partial charge in [0.25, 0.3) is 11.8 Å². The third-order valence-corrected chi connectivity index (χ3v) is 9.01. The number of fused-ring (bicyclic) bond motifs is 2. The second-order valence-electron chi connectivity index (χ2n) is 12.3. The maximum absolute atomic E-state index is 14.2. The molecule has 0 bridgehead atoms. The molecule has 5 aromatic rings. The van der Waals surface area contributed by atoms with E-state index in [4.69, 9.17) is 13.9 Å². The topological polar surface area (TPSA) is 182 Å². The van der Waals surface area contributed by atoms with Gasteiger partial charge in [-0.1, -0.05) is 60.7 Å². The summed E-state index contributed by atoms with van der Waals surface area (Å²) >= 11 is 0. The molecule has 2 amide bonds. The van der Waals surface area contributed by atoms with Gasteiger partial charge in [0, 0.05) is 48.5 Å². The predicted octanol–water partition coefficient (Wildman–Crippen LogP) is -2.97. The van der Waals surface area contributed by atoms with Crippen LogP contribution in [0.1, 0.15) is 46.7 Å². The number of rotatable bonds is 14. The maximum atomic E-state index is 14.2. The molecule has 6 rings (SSSR count). The van der Waals surface area contributed by atoms with E-state index in [-0.39, 0.29) is 84.6 Å². The summed E-state index contributed by atoms with van der Waals surface area (Å²) in [5.41, 5.74) is 1.95. The number of furan rings is 1. The van der Waals surface area contributed by atoms with Crippen molar-refractivity contribution in [1.82, 2.24) is 4.90 Å². The first-order valence-corrected chi connectivity index (χ1v) is 16.3. The van der Waals surface area contributed by atoms with E-state index in [1.165, 1.54) is 4.90 Å². The van der Waals surface area contributed by atoms with E-state index in [9.17, 15) is 34.5 Å². The number of anilines is 1. The van der Waals surface area contributed by atoms with Crippen LogP contribution in [0.3, 0.4) is 0 Å². The van der Waals surface area contributed by atoms with E-state index in [0.29, 0.717) is 34.1 Å². The monoisotopic (exact) mass is 736 g/mol. The Kier molecular flexibility index (Phi) is 14.7. The Balaban J connectivity index is 0.00000314. The Hall–Kier alpha value is -4.14. The van der Waals surface area contributed by atoms with Crippen LogP contribution in [0.4, 0.5) is 5.69 Å². The van der Waals surface area contributed by atoms with Gasteiger partial charge in [0.2, 0.25) is 6.79 Å². The number of aliphatic hydroxyl groups is 1. The van der Waals surface area contributed by atoms with Gasteiger partial charge in [0.1, 0.15) is 11.9 Å².